The first-order valence-corrected chi connectivity index (χ1v) is 14.5. The molecule has 0 amide bonds. The van der Waals surface area contributed by atoms with Crippen LogP contribution in [-0.2, 0) is 19.5 Å². The third-order valence-corrected chi connectivity index (χ3v) is 9.34. The Labute approximate surface area is 237 Å². The summed E-state index contributed by atoms with van der Waals surface area (Å²) in [5, 5.41) is 21.1. The molecule has 0 aliphatic carbocycles. The minimum atomic E-state index is 0.0912. The van der Waals surface area contributed by atoms with Gasteiger partial charge in [-0.3, -0.25) is 0 Å². The largest absolute Gasteiger partial charge is 0.395 e. The second-order valence-corrected chi connectivity index (χ2v) is 11.7. The summed E-state index contributed by atoms with van der Waals surface area (Å²) < 4.78 is 1.75. The van der Waals surface area contributed by atoms with E-state index in [1.807, 2.05) is 23.6 Å². The highest BCUT2D eigenvalue weighted by Gasteiger charge is 2.21. The molecule has 2 aromatic carbocycles. The van der Waals surface area contributed by atoms with Gasteiger partial charge in [-0.25, -0.2) is 9.50 Å². The molecular formula is C31H32ClN5OS. The Hall–Kier alpha value is -3.07. The Bertz CT molecular complexity index is 1690. The number of nitrogens with one attached hydrogen (secondary N) is 2. The van der Waals surface area contributed by atoms with E-state index in [0.29, 0.717) is 29.6 Å². The lowest BCUT2D eigenvalue weighted by atomic mass is 9.90. The van der Waals surface area contributed by atoms with Crippen molar-refractivity contribution in [1.29, 1.82) is 0 Å². The number of aliphatic hydroxyl groups excluding tert-OH is 1. The van der Waals surface area contributed by atoms with E-state index in [2.05, 4.69) is 67.8 Å². The molecule has 0 spiro atoms. The number of thiophene rings is 1. The van der Waals surface area contributed by atoms with E-state index in [1.165, 1.54) is 43.1 Å². The number of nitrogens with zero attached hydrogens (tertiary/aromatic N) is 3. The summed E-state index contributed by atoms with van der Waals surface area (Å²) in [6, 6.07) is 14.9. The Morgan fingerprint density at radius 2 is 1.74 bits per heavy atom. The molecule has 39 heavy (non-hydrogen) atoms. The maximum Gasteiger partial charge on any atom is 0.182 e. The lowest BCUT2D eigenvalue weighted by Crippen LogP contribution is -2.22. The van der Waals surface area contributed by atoms with Crippen molar-refractivity contribution >= 4 is 28.6 Å². The molecule has 0 fully saturated rings. The van der Waals surface area contributed by atoms with E-state index in [0.717, 1.165) is 36.2 Å². The zero-order chi connectivity index (χ0) is 27.1. The second-order valence-electron chi connectivity index (χ2n) is 10.1. The molecule has 8 heteroatoms. The summed E-state index contributed by atoms with van der Waals surface area (Å²) in [4.78, 5) is 7.67. The average molecular weight is 558 g/mol. The number of fused-ring (bicyclic) bond motifs is 2. The van der Waals surface area contributed by atoms with Crippen molar-refractivity contribution in [2.45, 2.75) is 40.3 Å². The van der Waals surface area contributed by atoms with Crippen molar-refractivity contribution in [1.82, 2.24) is 25.2 Å². The number of benzene rings is 2. The molecule has 0 saturated carbocycles. The fraction of sp³-hybridized carbons (Fsp3) is 0.290. The molecule has 4 heterocycles. The highest BCUT2D eigenvalue weighted by Crippen LogP contribution is 2.42. The maximum absolute atomic E-state index is 9.05. The molecule has 6 nitrogen and oxygen atoms in total. The SMILES string of the molecule is Cc1c(-c2nc3c(Cl)cc(CNCCO)cn3n2)cccc1-c1cccc(-c2sc3c(c2C)CCNC3)c1C. The Morgan fingerprint density at radius 3 is 2.49 bits per heavy atom. The van der Waals surface area contributed by atoms with Gasteiger partial charge in [0.25, 0.3) is 0 Å². The minimum absolute atomic E-state index is 0.0912. The average Bonchev–Trinajstić information content (AvgIpc) is 3.51. The quantitative estimate of drug-likeness (QED) is 0.211. The number of pyridine rings is 1. The number of hydrogen-bond donors (Lipinski definition) is 3. The smallest absolute Gasteiger partial charge is 0.182 e. The van der Waals surface area contributed by atoms with Crippen LogP contribution >= 0.6 is 22.9 Å². The van der Waals surface area contributed by atoms with Gasteiger partial charge < -0.3 is 15.7 Å². The van der Waals surface area contributed by atoms with Crippen LogP contribution in [-0.4, -0.2) is 39.4 Å². The van der Waals surface area contributed by atoms with Gasteiger partial charge in [-0.2, -0.15) is 0 Å². The van der Waals surface area contributed by atoms with E-state index in [-0.39, 0.29) is 6.61 Å². The third kappa shape index (κ3) is 4.79. The molecule has 3 aromatic heterocycles. The van der Waals surface area contributed by atoms with Crippen LogP contribution in [0.5, 0.6) is 0 Å². The molecule has 0 bridgehead atoms. The summed E-state index contributed by atoms with van der Waals surface area (Å²) in [5.41, 5.74) is 11.7. The van der Waals surface area contributed by atoms with Crippen LogP contribution < -0.4 is 10.6 Å². The van der Waals surface area contributed by atoms with Crippen LogP contribution in [0.4, 0.5) is 0 Å². The van der Waals surface area contributed by atoms with Gasteiger partial charge in [0.05, 0.1) is 11.6 Å². The van der Waals surface area contributed by atoms with Gasteiger partial charge in [-0.1, -0.05) is 48.0 Å². The first-order valence-electron chi connectivity index (χ1n) is 13.3. The van der Waals surface area contributed by atoms with Gasteiger partial charge in [0.1, 0.15) is 0 Å². The molecule has 0 saturated heterocycles. The lowest BCUT2D eigenvalue weighted by Gasteiger charge is -2.15. The Balaban J connectivity index is 1.40. The van der Waals surface area contributed by atoms with Crippen molar-refractivity contribution in [2.24, 2.45) is 0 Å². The Kier molecular flexibility index (Phi) is 7.27. The second kappa shape index (κ2) is 10.8. The third-order valence-electron chi connectivity index (χ3n) is 7.70. The van der Waals surface area contributed by atoms with Crippen molar-refractivity contribution in [3.05, 3.63) is 86.4 Å². The normalized spacial score (nSPS) is 13.3. The molecule has 0 unspecified atom stereocenters. The number of halogens is 1. The van der Waals surface area contributed by atoms with Gasteiger partial charge >= 0.3 is 0 Å². The predicted molar refractivity (Wildman–Crippen MR) is 161 cm³/mol. The van der Waals surface area contributed by atoms with Gasteiger partial charge in [0.2, 0.25) is 0 Å². The summed E-state index contributed by atoms with van der Waals surface area (Å²) in [6.07, 6.45) is 3.04. The molecule has 0 atom stereocenters. The minimum Gasteiger partial charge on any atom is -0.395 e. The van der Waals surface area contributed by atoms with E-state index < -0.39 is 0 Å². The van der Waals surface area contributed by atoms with E-state index in [4.69, 9.17) is 26.8 Å². The van der Waals surface area contributed by atoms with Crippen LogP contribution in [0.2, 0.25) is 5.02 Å². The number of rotatable bonds is 7. The van der Waals surface area contributed by atoms with Crippen LogP contribution in [0, 0.1) is 20.8 Å². The molecule has 1 aliphatic rings. The summed E-state index contributed by atoms with van der Waals surface area (Å²) in [7, 11) is 0. The molecule has 3 N–H and O–H groups in total. The van der Waals surface area contributed by atoms with E-state index in [1.54, 1.807) is 4.52 Å². The first kappa shape index (κ1) is 26.2. The molecular weight excluding hydrogens is 526 g/mol. The highest BCUT2D eigenvalue weighted by molar-refractivity contribution is 7.16. The van der Waals surface area contributed by atoms with Crippen molar-refractivity contribution in [3.63, 3.8) is 0 Å². The standard InChI is InChI=1S/C31H32ClN5OS/c1-18-22(6-4-8-25(18)29-20(3)24-10-11-33-16-28(24)39-29)23-7-5-9-26(19(23)2)30-35-31-27(32)14-21(15-34-12-13-38)17-37(31)36-30/h4-9,14,17,33-34,38H,10-13,15-16H2,1-3H3. The zero-order valence-corrected chi connectivity index (χ0v) is 24.0. The summed E-state index contributed by atoms with van der Waals surface area (Å²) in [5.74, 6) is 0.653. The maximum atomic E-state index is 9.05. The van der Waals surface area contributed by atoms with Gasteiger partial charge in [-0.05, 0) is 84.3 Å². The molecule has 1 aliphatic heterocycles. The van der Waals surface area contributed by atoms with E-state index in [9.17, 15) is 0 Å². The van der Waals surface area contributed by atoms with Crippen LogP contribution in [0.1, 0.15) is 32.7 Å². The van der Waals surface area contributed by atoms with Crippen LogP contribution in [0.15, 0.2) is 48.7 Å². The van der Waals surface area contributed by atoms with Gasteiger partial charge in [0.15, 0.2) is 11.5 Å². The fourth-order valence-electron chi connectivity index (χ4n) is 5.61. The lowest BCUT2D eigenvalue weighted by molar-refractivity contribution is 0.292. The van der Waals surface area contributed by atoms with Crippen LogP contribution in [0.25, 0.3) is 38.6 Å². The molecule has 200 valence electrons. The number of hydrogen-bond acceptors (Lipinski definition) is 6. The van der Waals surface area contributed by atoms with Crippen molar-refractivity contribution in [2.75, 3.05) is 19.7 Å². The van der Waals surface area contributed by atoms with Crippen LogP contribution in [0.3, 0.4) is 0 Å². The monoisotopic (exact) mass is 557 g/mol. The van der Waals surface area contributed by atoms with Gasteiger partial charge in [0, 0.05) is 41.1 Å². The van der Waals surface area contributed by atoms with Crippen molar-refractivity contribution < 1.29 is 5.11 Å². The predicted octanol–water partition coefficient (Wildman–Crippen LogP) is 6.10. The molecule has 5 aromatic rings. The Morgan fingerprint density at radius 1 is 1.03 bits per heavy atom. The van der Waals surface area contributed by atoms with Gasteiger partial charge in [-0.15, -0.1) is 16.4 Å². The molecule has 6 rings (SSSR count). The summed E-state index contributed by atoms with van der Waals surface area (Å²) in [6.45, 7) is 9.90. The van der Waals surface area contributed by atoms with Crippen molar-refractivity contribution in [3.8, 4) is 33.0 Å². The highest BCUT2D eigenvalue weighted by atomic mass is 35.5. The zero-order valence-electron chi connectivity index (χ0n) is 22.4. The van der Waals surface area contributed by atoms with E-state index >= 15 is 0 Å². The number of aromatic nitrogens is 3. The topological polar surface area (TPSA) is 74.5 Å². The number of aliphatic hydroxyl groups is 1. The molecule has 0 radical (unpaired) electrons. The summed E-state index contributed by atoms with van der Waals surface area (Å²) >= 11 is 8.52. The fourth-order valence-corrected chi connectivity index (χ4v) is 7.29. The first-order chi connectivity index (χ1) is 19.0.